The third-order valence-corrected chi connectivity index (χ3v) is 4.43. The molecule has 2 atom stereocenters. The normalized spacial score (nSPS) is 28.2. The van der Waals surface area contributed by atoms with Crippen LogP contribution in [0.25, 0.3) is 0 Å². The first kappa shape index (κ1) is 13.2. The van der Waals surface area contributed by atoms with Gasteiger partial charge in [-0.05, 0) is 32.8 Å². The Labute approximate surface area is 120 Å². The molecule has 1 fully saturated rings. The number of likely N-dealkylation sites (tertiary alicyclic amines) is 1. The molecule has 0 aliphatic carbocycles. The van der Waals surface area contributed by atoms with Crippen LogP contribution < -0.4 is 4.74 Å². The van der Waals surface area contributed by atoms with Crippen LogP contribution in [0.5, 0.6) is 5.75 Å². The maximum Gasteiger partial charge on any atom is 0.250 e. The average molecular weight is 271 g/mol. The average Bonchev–Trinajstić information content (AvgIpc) is 2.48. The van der Waals surface area contributed by atoms with E-state index in [1.165, 1.54) is 0 Å². The van der Waals surface area contributed by atoms with Gasteiger partial charge in [0.2, 0.25) is 5.91 Å². The standard InChI is InChI=1S/C17H21NO2/c1-3-13-9-8-12(2)18(17(13)19)15-10-11-20-16-7-5-4-6-14(15)16/h3-7,12,15H,8-11H2,1-2H3/t12-,15?/m0/s1. The molecule has 0 radical (unpaired) electrons. The van der Waals surface area contributed by atoms with E-state index >= 15 is 0 Å². The largest absolute Gasteiger partial charge is 0.493 e. The SMILES string of the molecule is CC=C1CC[C@H](C)N(C2CCOc3ccccc32)C1=O. The van der Waals surface area contributed by atoms with E-state index in [0.29, 0.717) is 12.6 Å². The van der Waals surface area contributed by atoms with Crippen molar-refractivity contribution < 1.29 is 9.53 Å². The Balaban J connectivity index is 1.98. The van der Waals surface area contributed by atoms with Gasteiger partial charge in [-0.15, -0.1) is 0 Å². The van der Waals surface area contributed by atoms with E-state index < -0.39 is 0 Å². The van der Waals surface area contributed by atoms with E-state index in [4.69, 9.17) is 4.74 Å². The van der Waals surface area contributed by atoms with Gasteiger partial charge in [0.25, 0.3) is 0 Å². The summed E-state index contributed by atoms with van der Waals surface area (Å²) in [5.41, 5.74) is 2.10. The van der Waals surface area contributed by atoms with Crippen LogP contribution in [0.2, 0.25) is 0 Å². The minimum absolute atomic E-state index is 0.151. The topological polar surface area (TPSA) is 29.5 Å². The first-order valence-corrected chi connectivity index (χ1v) is 7.42. The highest BCUT2D eigenvalue weighted by atomic mass is 16.5. The van der Waals surface area contributed by atoms with Crippen molar-refractivity contribution >= 4 is 5.91 Å². The minimum Gasteiger partial charge on any atom is -0.493 e. The summed E-state index contributed by atoms with van der Waals surface area (Å²) in [6.45, 7) is 4.80. The monoisotopic (exact) mass is 271 g/mol. The number of ether oxygens (including phenoxy) is 1. The van der Waals surface area contributed by atoms with Crippen LogP contribution in [0.4, 0.5) is 0 Å². The van der Waals surface area contributed by atoms with Crippen LogP contribution in [-0.4, -0.2) is 23.5 Å². The summed E-state index contributed by atoms with van der Waals surface area (Å²) in [6, 6.07) is 8.54. The number of carbonyl (C=O) groups excluding carboxylic acids is 1. The molecular weight excluding hydrogens is 250 g/mol. The number of amides is 1. The van der Waals surface area contributed by atoms with Crippen molar-refractivity contribution in [2.45, 2.75) is 45.2 Å². The maximum atomic E-state index is 12.7. The summed E-state index contributed by atoms with van der Waals surface area (Å²) in [4.78, 5) is 14.8. The third-order valence-electron chi connectivity index (χ3n) is 4.43. The Bertz CT molecular complexity index is 550. The molecule has 0 bridgehead atoms. The number of para-hydroxylation sites is 1. The molecule has 3 rings (SSSR count). The number of allylic oxidation sites excluding steroid dienone is 1. The van der Waals surface area contributed by atoms with E-state index in [9.17, 15) is 4.79 Å². The lowest BCUT2D eigenvalue weighted by molar-refractivity contribution is -0.134. The highest BCUT2D eigenvalue weighted by Crippen LogP contribution is 2.39. The lowest BCUT2D eigenvalue weighted by atomic mass is 9.91. The van der Waals surface area contributed by atoms with Gasteiger partial charge in [-0.2, -0.15) is 0 Å². The highest BCUT2D eigenvalue weighted by Gasteiger charge is 2.36. The number of nitrogens with zero attached hydrogens (tertiary/aromatic N) is 1. The van der Waals surface area contributed by atoms with E-state index in [0.717, 1.165) is 36.1 Å². The lowest BCUT2D eigenvalue weighted by Crippen LogP contribution is -2.46. The number of piperidine rings is 1. The van der Waals surface area contributed by atoms with Gasteiger partial charge in [-0.25, -0.2) is 0 Å². The Morgan fingerprint density at radius 2 is 2.10 bits per heavy atom. The molecule has 2 aliphatic heterocycles. The van der Waals surface area contributed by atoms with E-state index in [1.54, 1.807) is 0 Å². The second kappa shape index (κ2) is 5.31. The zero-order chi connectivity index (χ0) is 14.1. The van der Waals surface area contributed by atoms with Crippen molar-refractivity contribution in [2.75, 3.05) is 6.61 Å². The molecule has 0 saturated carbocycles. The van der Waals surface area contributed by atoms with Crippen LogP contribution in [0, 0.1) is 0 Å². The maximum absolute atomic E-state index is 12.7. The third kappa shape index (κ3) is 2.11. The van der Waals surface area contributed by atoms with Crippen molar-refractivity contribution in [1.29, 1.82) is 0 Å². The number of hydrogen-bond donors (Lipinski definition) is 0. The van der Waals surface area contributed by atoms with Crippen LogP contribution in [-0.2, 0) is 4.79 Å². The Morgan fingerprint density at radius 1 is 1.30 bits per heavy atom. The molecule has 0 spiro atoms. The summed E-state index contributed by atoms with van der Waals surface area (Å²) in [5, 5.41) is 0. The highest BCUT2D eigenvalue weighted by molar-refractivity contribution is 5.94. The summed E-state index contributed by atoms with van der Waals surface area (Å²) in [7, 11) is 0. The van der Waals surface area contributed by atoms with Crippen molar-refractivity contribution in [2.24, 2.45) is 0 Å². The first-order chi connectivity index (χ1) is 9.72. The summed E-state index contributed by atoms with van der Waals surface area (Å²) >= 11 is 0. The smallest absolute Gasteiger partial charge is 0.250 e. The molecule has 3 heteroatoms. The zero-order valence-electron chi connectivity index (χ0n) is 12.1. The molecule has 2 aliphatic rings. The molecule has 1 amide bonds. The predicted molar refractivity (Wildman–Crippen MR) is 78.6 cm³/mol. The van der Waals surface area contributed by atoms with Gasteiger partial charge in [0, 0.05) is 23.6 Å². The molecule has 2 heterocycles. The summed E-state index contributed by atoms with van der Waals surface area (Å²) in [5.74, 6) is 1.13. The molecule has 1 unspecified atom stereocenters. The number of rotatable bonds is 1. The molecule has 106 valence electrons. The van der Waals surface area contributed by atoms with Gasteiger partial charge < -0.3 is 9.64 Å². The van der Waals surface area contributed by atoms with Crippen molar-refractivity contribution in [3.8, 4) is 5.75 Å². The molecular formula is C17H21NO2. The Morgan fingerprint density at radius 3 is 2.90 bits per heavy atom. The number of carbonyl (C=O) groups is 1. The van der Waals surface area contributed by atoms with Gasteiger partial charge >= 0.3 is 0 Å². The minimum atomic E-state index is 0.151. The summed E-state index contributed by atoms with van der Waals surface area (Å²) < 4.78 is 5.72. The van der Waals surface area contributed by atoms with Crippen LogP contribution in [0.1, 0.15) is 44.7 Å². The molecule has 1 aromatic rings. The fraction of sp³-hybridized carbons (Fsp3) is 0.471. The number of benzene rings is 1. The van der Waals surface area contributed by atoms with Gasteiger partial charge in [0.1, 0.15) is 5.75 Å². The van der Waals surface area contributed by atoms with E-state index in [-0.39, 0.29) is 11.9 Å². The van der Waals surface area contributed by atoms with E-state index in [1.807, 2.05) is 31.2 Å². The Kier molecular flexibility index (Phi) is 3.51. The Hall–Kier alpha value is -1.77. The van der Waals surface area contributed by atoms with Gasteiger partial charge in [0.05, 0.1) is 12.6 Å². The fourth-order valence-electron chi connectivity index (χ4n) is 3.31. The van der Waals surface area contributed by atoms with Crippen LogP contribution in [0.3, 0.4) is 0 Å². The second-order valence-corrected chi connectivity index (χ2v) is 5.60. The first-order valence-electron chi connectivity index (χ1n) is 7.42. The fourth-order valence-corrected chi connectivity index (χ4v) is 3.31. The van der Waals surface area contributed by atoms with Gasteiger partial charge in [-0.3, -0.25) is 4.79 Å². The molecule has 3 nitrogen and oxygen atoms in total. The van der Waals surface area contributed by atoms with E-state index in [2.05, 4.69) is 17.9 Å². The quantitative estimate of drug-likeness (QED) is 0.732. The number of hydrogen-bond acceptors (Lipinski definition) is 2. The molecule has 0 aromatic heterocycles. The van der Waals surface area contributed by atoms with Gasteiger partial charge in [0.15, 0.2) is 0 Å². The summed E-state index contributed by atoms with van der Waals surface area (Å²) in [6.07, 6.45) is 4.79. The van der Waals surface area contributed by atoms with Crippen molar-refractivity contribution in [3.63, 3.8) is 0 Å². The second-order valence-electron chi connectivity index (χ2n) is 5.60. The molecule has 0 N–H and O–H groups in total. The van der Waals surface area contributed by atoms with Crippen molar-refractivity contribution in [1.82, 2.24) is 4.90 Å². The van der Waals surface area contributed by atoms with Gasteiger partial charge in [-0.1, -0.05) is 24.3 Å². The lowest BCUT2D eigenvalue weighted by Gasteiger charge is -2.42. The zero-order valence-corrected chi connectivity index (χ0v) is 12.1. The molecule has 1 saturated heterocycles. The van der Waals surface area contributed by atoms with Crippen LogP contribution >= 0.6 is 0 Å². The van der Waals surface area contributed by atoms with Crippen molar-refractivity contribution in [3.05, 3.63) is 41.5 Å². The molecule has 20 heavy (non-hydrogen) atoms. The predicted octanol–water partition coefficient (Wildman–Crippen LogP) is 3.47. The number of fused-ring (bicyclic) bond motifs is 1. The van der Waals surface area contributed by atoms with Crippen LogP contribution in [0.15, 0.2) is 35.9 Å². The molecule has 1 aromatic carbocycles.